The fourth-order valence-electron chi connectivity index (χ4n) is 2.57. The molecule has 25 heavy (non-hydrogen) atoms. The largest absolute Gasteiger partial charge is 0.377 e. The van der Waals surface area contributed by atoms with Gasteiger partial charge in [0.25, 0.3) is 0 Å². The lowest BCUT2D eigenvalue weighted by Gasteiger charge is -2.18. The first-order chi connectivity index (χ1) is 11.9. The van der Waals surface area contributed by atoms with Crippen molar-refractivity contribution in [3.8, 4) is 0 Å². The van der Waals surface area contributed by atoms with Crippen LogP contribution in [0.2, 0.25) is 0 Å². The van der Waals surface area contributed by atoms with Gasteiger partial charge in [0.15, 0.2) is 5.78 Å². The summed E-state index contributed by atoms with van der Waals surface area (Å²) in [5.74, 6) is -0.0879. The minimum Gasteiger partial charge on any atom is -0.377 e. The molecule has 0 aliphatic heterocycles. The van der Waals surface area contributed by atoms with E-state index in [9.17, 15) is 13.2 Å². The highest BCUT2D eigenvalue weighted by molar-refractivity contribution is 7.89. The SMILES string of the molecule is CCN(CC)S(=O)(=O)c1ccc(C(=O)CNc2ccccc2C)cc1. The molecule has 2 aromatic carbocycles. The summed E-state index contributed by atoms with van der Waals surface area (Å²) in [6, 6.07) is 13.9. The maximum atomic E-state index is 12.5. The van der Waals surface area contributed by atoms with Crippen LogP contribution in [-0.2, 0) is 10.0 Å². The molecular formula is C19H24N2O3S. The third-order valence-corrected chi connectivity index (χ3v) is 6.17. The Hall–Kier alpha value is -2.18. The highest BCUT2D eigenvalue weighted by Crippen LogP contribution is 2.17. The lowest BCUT2D eigenvalue weighted by atomic mass is 10.1. The van der Waals surface area contributed by atoms with E-state index in [1.165, 1.54) is 16.4 Å². The highest BCUT2D eigenvalue weighted by atomic mass is 32.2. The third kappa shape index (κ3) is 4.46. The number of hydrogen-bond donors (Lipinski definition) is 1. The molecule has 0 radical (unpaired) electrons. The number of rotatable bonds is 8. The van der Waals surface area contributed by atoms with Gasteiger partial charge in [0, 0.05) is 24.3 Å². The molecule has 5 nitrogen and oxygen atoms in total. The van der Waals surface area contributed by atoms with Crippen molar-refractivity contribution in [2.75, 3.05) is 25.0 Å². The van der Waals surface area contributed by atoms with E-state index in [2.05, 4.69) is 5.32 Å². The van der Waals surface area contributed by atoms with Gasteiger partial charge in [-0.3, -0.25) is 4.79 Å². The normalized spacial score (nSPS) is 11.5. The maximum Gasteiger partial charge on any atom is 0.243 e. The van der Waals surface area contributed by atoms with Gasteiger partial charge in [-0.25, -0.2) is 8.42 Å². The molecule has 134 valence electrons. The van der Waals surface area contributed by atoms with Crippen molar-refractivity contribution < 1.29 is 13.2 Å². The molecule has 1 N–H and O–H groups in total. The monoisotopic (exact) mass is 360 g/mol. The van der Waals surface area contributed by atoms with Crippen LogP contribution in [0.4, 0.5) is 5.69 Å². The quantitative estimate of drug-likeness (QED) is 0.734. The summed E-state index contributed by atoms with van der Waals surface area (Å²) in [5, 5.41) is 3.12. The average molecular weight is 360 g/mol. The van der Waals surface area contributed by atoms with Gasteiger partial charge >= 0.3 is 0 Å². The zero-order chi connectivity index (χ0) is 18.4. The number of hydrogen-bond acceptors (Lipinski definition) is 4. The molecule has 0 unspecified atom stereocenters. The highest BCUT2D eigenvalue weighted by Gasteiger charge is 2.21. The summed E-state index contributed by atoms with van der Waals surface area (Å²) in [4.78, 5) is 12.5. The van der Waals surface area contributed by atoms with Crippen molar-refractivity contribution in [1.29, 1.82) is 0 Å². The molecule has 2 rings (SSSR count). The van der Waals surface area contributed by atoms with Crippen LogP contribution in [0.5, 0.6) is 0 Å². The second-order valence-corrected chi connectivity index (χ2v) is 7.64. The van der Waals surface area contributed by atoms with Gasteiger partial charge in [-0.2, -0.15) is 4.31 Å². The van der Waals surface area contributed by atoms with Crippen molar-refractivity contribution in [3.05, 3.63) is 59.7 Å². The fourth-order valence-corrected chi connectivity index (χ4v) is 4.03. The smallest absolute Gasteiger partial charge is 0.243 e. The molecule has 0 bridgehead atoms. The van der Waals surface area contributed by atoms with Crippen molar-refractivity contribution >= 4 is 21.5 Å². The standard InChI is InChI=1S/C19H24N2O3S/c1-4-21(5-2)25(23,24)17-12-10-16(11-13-17)19(22)14-20-18-9-7-6-8-15(18)3/h6-13,20H,4-5,14H2,1-3H3. The Kier molecular flexibility index (Phi) is 6.33. The van der Waals surface area contributed by atoms with E-state index < -0.39 is 10.0 Å². The molecule has 0 aliphatic rings. The minimum atomic E-state index is -3.50. The number of carbonyl (C=O) groups excluding carboxylic acids is 1. The summed E-state index contributed by atoms with van der Waals surface area (Å²) in [5.41, 5.74) is 2.46. The minimum absolute atomic E-state index is 0.0879. The lowest BCUT2D eigenvalue weighted by molar-refractivity contribution is 0.101. The van der Waals surface area contributed by atoms with E-state index in [0.717, 1.165) is 11.3 Å². The summed E-state index contributed by atoms with van der Waals surface area (Å²) in [6.07, 6.45) is 0. The molecule has 0 fully saturated rings. The average Bonchev–Trinajstić information content (AvgIpc) is 2.61. The Balaban J connectivity index is 2.09. The number of ketones is 1. The zero-order valence-corrected chi connectivity index (χ0v) is 15.6. The number of para-hydroxylation sites is 1. The predicted molar refractivity (Wildman–Crippen MR) is 101 cm³/mol. The van der Waals surface area contributed by atoms with Crippen LogP contribution in [0.25, 0.3) is 0 Å². The summed E-state index contributed by atoms with van der Waals surface area (Å²) < 4.78 is 26.3. The first kappa shape index (κ1) is 19.1. The molecule has 0 heterocycles. The number of nitrogens with one attached hydrogen (secondary N) is 1. The Morgan fingerprint density at radius 2 is 1.60 bits per heavy atom. The molecule has 0 aliphatic carbocycles. The number of sulfonamides is 1. The van der Waals surface area contributed by atoms with E-state index in [4.69, 9.17) is 0 Å². The van der Waals surface area contributed by atoms with Crippen molar-refractivity contribution in [1.82, 2.24) is 4.31 Å². The van der Waals surface area contributed by atoms with Crippen LogP contribution >= 0.6 is 0 Å². The van der Waals surface area contributed by atoms with Gasteiger partial charge in [0.2, 0.25) is 10.0 Å². The van der Waals surface area contributed by atoms with Gasteiger partial charge in [0.05, 0.1) is 11.4 Å². The molecule has 0 saturated heterocycles. The van der Waals surface area contributed by atoms with Crippen LogP contribution in [0.3, 0.4) is 0 Å². The Bertz CT molecular complexity index is 826. The van der Waals surface area contributed by atoms with Gasteiger partial charge in [-0.1, -0.05) is 32.0 Å². The molecule has 2 aromatic rings. The summed E-state index contributed by atoms with van der Waals surface area (Å²) >= 11 is 0. The van der Waals surface area contributed by atoms with Crippen LogP contribution in [0.1, 0.15) is 29.8 Å². The van der Waals surface area contributed by atoms with E-state index in [1.54, 1.807) is 26.0 Å². The summed E-state index contributed by atoms with van der Waals surface area (Å²) in [7, 11) is -3.50. The number of carbonyl (C=O) groups is 1. The van der Waals surface area contributed by atoms with Crippen LogP contribution < -0.4 is 5.32 Å². The van der Waals surface area contributed by atoms with Crippen LogP contribution in [0, 0.1) is 6.92 Å². The summed E-state index contributed by atoms with van der Waals surface area (Å²) in [6.45, 7) is 6.57. The molecule has 0 saturated carbocycles. The van der Waals surface area contributed by atoms with E-state index in [1.807, 2.05) is 31.2 Å². The maximum absolute atomic E-state index is 12.5. The molecule has 0 atom stereocenters. The number of nitrogens with zero attached hydrogens (tertiary/aromatic N) is 1. The van der Waals surface area contributed by atoms with E-state index in [0.29, 0.717) is 18.7 Å². The van der Waals surface area contributed by atoms with Crippen molar-refractivity contribution in [2.45, 2.75) is 25.7 Å². The van der Waals surface area contributed by atoms with Crippen LogP contribution in [-0.4, -0.2) is 38.1 Å². The number of Topliss-reactive ketones (excluding diaryl/α,β-unsaturated/α-hetero) is 1. The zero-order valence-electron chi connectivity index (χ0n) is 14.8. The predicted octanol–water partition coefficient (Wildman–Crippen LogP) is 3.32. The first-order valence-electron chi connectivity index (χ1n) is 8.33. The Labute approximate surface area is 149 Å². The van der Waals surface area contributed by atoms with Crippen molar-refractivity contribution in [2.24, 2.45) is 0 Å². The second-order valence-electron chi connectivity index (χ2n) is 5.71. The van der Waals surface area contributed by atoms with E-state index in [-0.39, 0.29) is 17.2 Å². The van der Waals surface area contributed by atoms with Crippen LogP contribution in [0.15, 0.2) is 53.4 Å². The number of aryl methyl sites for hydroxylation is 1. The molecule has 0 spiro atoms. The lowest BCUT2D eigenvalue weighted by Crippen LogP contribution is -2.30. The molecule has 0 aromatic heterocycles. The third-order valence-electron chi connectivity index (χ3n) is 4.10. The fraction of sp³-hybridized carbons (Fsp3) is 0.316. The van der Waals surface area contributed by atoms with Crippen molar-refractivity contribution in [3.63, 3.8) is 0 Å². The van der Waals surface area contributed by atoms with Gasteiger partial charge in [0.1, 0.15) is 0 Å². The topological polar surface area (TPSA) is 66.5 Å². The van der Waals surface area contributed by atoms with Gasteiger partial charge in [-0.15, -0.1) is 0 Å². The first-order valence-corrected chi connectivity index (χ1v) is 9.77. The van der Waals surface area contributed by atoms with E-state index >= 15 is 0 Å². The second kappa shape index (κ2) is 8.27. The number of anilines is 1. The molecular weight excluding hydrogens is 336 g/mol. The van der Waals surface area contributed by atoms with Gasteiger partial charge < -0.3 is 5.32 Å². The molecule has 6 heteroatoms. The Morgan fingerprint density at radius 3 is 2.16 bits per heavy atom. The molecule has 0 amide bonds. The number of benzene rings is 2. The Morgan fingerprint density at radius 1 is 1.00 bits per heavy atom. The van der Waals surface area contributed by atoms with Gasteiger partial charge in [-0.05, 0) is 42.8 Å².